The Labute approximate surface area is 112 Å². The fraction of sp³-hybridized carbons (Fsp3) is 0.0714. The van der Waals surface area contributed by atoms with Crippen molar-refractivity contribution in [2.45, 2.75) is 6.92 Å². The molecule has 0 amide bonds. The van der Waals surface area contributed by atoms with Gasteiger partial charge in [0.05, 0.1) is 16.6 Å². The molecule has 0 aliphatic heterocycles. The minimum Gasteiger partial charge on any atom is -0.290 e. The van der Waals surface area contributed by atoms with Gasteiger partial charge in [0, 0.05) is 17.8 Å². The van der Waals surface area contributed by atoms with Crippen LogP contribution in [0, 0.1) is 11.6 Å². The Kier molecular flexibility index (Phi) is 1.90. The van der Waals surface area contributed by atoms with Crippen molar-refractivity contribution in [3.8, 4) is 0 Å². The molecule has 0 bridgehead atoms. The lowest BCUT2D eigenvalue weighted by Crippen LogP contribution is -2.05. The van der Waals surface area contributed by atoms with Gasteiger partial charge in [-0.05, 0) is 19.1 Å². The predicted molar refractivity (Wildman–Crippen MR) is 76.7 cm³/mol. The quantitative estimate of drug-likeness (QED) is 0.460. The van der Waals surface area contributed by atoms with Crippen molar-refractivity contribution in [1.82, 2.24) is 13.8 Å². The molecule has 92 valence electrons. The Morgan fingerprint density at radius 1 is 1.21 bits per heavy atom. The maximum atomic E-state index is 11.8. The number of rotatable bonds is 0. The minimum atomic E-state index is 0.00339. The van der Waals surface area contributed by atoms with Crippen molar-refractivity contribution in [1.29, 1.82) is 0 Å². The summed E-state index contributed by atoms with van der Waals surface area (Å²) < 4.78 is 4.45. The summed E-state index contributed by atoms with van der Waals surface area (Å²) in [5, 5.41) is 0. The second kappa shape index (κ2) is 3.39. The number of pyridine rings is 1. The number of para-hydroxylation sites is 2. The molecule has 0 unspecified atom stereocenters. The largest absolute Gasteiger partial charge is 0.290 e. The maximum absolute atomic E-state index is 11.8. The fourth-order valence-corrected chi connectivity index (χ4v) is 2.98. The second-order valence-electron chi connectivity index (χ2n) is 4.56. The molecule has 3 aromatic heterocycles. The van der Waals surface area contributed by atoms with E-state index in [1.165, 1.54) is 0 Å². The fourth-order valence-electron chi connectivity index (χ4n) is 2.55. The highest BCUT2D eigenvalue weighted by Gasteiger charge is 2.14. The third-order valence-electron chi connectivity index (χ3n) is 3.50. The number of hydrogen-bond acceptors (Lipinski definition) is 3. The first-order valence-corrected chi connectivity index (χ1v) is 6.34. The van der Waals surface area contributed by atoms with Crippen LogP contribution in [0.2, 0.25) is 0 Å². The first-order chi connectivity index (χ1) is 9.18. The molecular weight excluding hydrogens is 258 g/mol. The van der Waals surface area contributed by atoms with Gasteiger partial charge in [0.25, 0.3) is 0 Å². The molecule has 0 spiro atoms. The van der Waals surface area contributed by atoms with Crippen LogP contribution in [0.25, 0.3) is 22.3 Å². The van der Waals surface area contributed by atoms with E-state index in [9.17, 15) is 4.79 Å². The highest BCUT2D eigenvalue weighted by atomic mass is 32.1. The van der Waals surface area contributed by atoms with Crippen molar-refractivity contribution in [2.24, 2.45) is 0 Å². The third kappa shape index (κ3) is 1.20. The number of nitrogens with zero attached hydrogens (tertiary/aromatic N) is 3. The lowest BCUT2D eigenvalue weighted by Gasteiger charge is -1.95. The summed E-state index contributed by atoms with van der Waals surface area (Å²) >= 11 is 5.52. The van der Waals surface area contributed by atoms with Gasteiger partial charge in [-0.25, -0.2) is 4.98 Å². The van der Waals surface area contributed by atoms with Gasteiger partial charge in [-0.3, -0.25) is 13.6 Å². The topological polar surface area (TPSA) is 38.8 Å². The SMILES string of the molecule is Cc1c(=O)ccn2c1c(=S)n1c3ccccc3nc21. The average Bonchev–Trinajstić information content (AvgIpc) is 2.91. The van der Waals surface area contributed by atoms with Crippen LogP contribution in [0.1, 0.15) is 5.56 Å². The molecule has 0 aliphatic rings. The van der Waals surface area contributed by atoms with Crippen molar-refractivity contribution >= 4 is 34.5 Å². The summed E-state index contributed by atoms with van der Waals surface area (Å²) in [4.78, 5) is 16.4. The number of hydrogen-bond donors (Lipinski definition) is 0. The van der Waals surface area contributed by atoms with Gasteiger partial charge in [0.15, 0.2) is 5.43 Å². The zero-order valence-electron chi connectivity index (χ0n) is 10.1. The molecule has 0 N–H and O–H groups in total. The first-order valence-electron chi connectivity index (χ1n) is 5.93. The van der Waals surface area contributed by atoms with E-state index in [1.54, 1.807) is 19.2 Å². The maximum Gasteiger partial charge on any atom is 0.220 e. The summed E-state index contributed by atoms with van der Waals surface area (Å²) in [6.07, 6.45) is 1.74. The van der Waals surface area contributed by atoms with Gasteiger partial charge in [0.1, 0.15) is 4.64 Å². The molecule has 0 radical (unpaired) electrons. The number of aromatic nitrogens is 3. The van der Waals surface area contributed by atoms with Crippen molar-refractivity contribution in [2.75, 3.05) is 0 Å². The van der Waals surface area contributed by atoms with Gasteiger partial charge in [0.2, 0.25) is 5.78 Å². The molecule has 4 nitrogen and oxygen atoms in total. The lowest BCUT2D eigenvalue weighted by atomic mass is 10.2. The first kappa shape index (κ1) is 10.6. The van der Waals surface area contributed by atoms with E-state index >= 15 is 0 Å². The molecular formula is C14H9N3OS. The molecule has 1 aromatic carbocycles. The molecule has 0 saturated carbocycles. The van der Waals surface area contributed by atoms with Gasteiger partial charge in [-0.15, -0.1) is 0 Å². The van der Waals surface area contributed by atoms with Crippen LogP contribution in [0.15, 0.2) is 41.3 Å². The minimum absolute atomic E-state index is 0.00339. The van der Waals surface area contributed by atoms with E-state index in [1.807, 2.05) is 33.1 Å². The molecule has 0 atom stereocenters. The van der Waals surface area contributed by atoms with Gasteiger partial charge in [-0.2, -0.15) is 0 Å². The summed E-state index contributed by atoms with van der Waals surface area (Å²) in [5.74, 6) is 0.754. The Morgan fingerprint density at radius 3 is 2.84 bits per heavy atom. The molecule has 4 aromatic rings. The van der Waals surface area contributed by atoms with Crippen LogP contribution in [0.5, 0.6) is 0 Å². The van der Waals surface area contributed by atoms with Gasteiger partial charge < -0.3 is 0 Å². The summed E-state index contributed by atoms with van der Waals surface area (Å²) in [6.45, 7) is 1.80. The van der Waals surface area contributed by atoms with Crippen molar-refractivity contribution in [3.63, 3.8) is 0 Å². The molecule has 4 rings (SSSR count). The standard InChI is InChI=1S/C14H9N3OS/c1-8-11(18)6-7-16-12(8)13(19)17-10-5-3-2-4-9(10)15-14(16)17/h2-7H,1H3. The number of imidazole rings is 2. The summed E-state index contributed by atoms with van der Waals surface area (Å²) in [5.41, 5.74) is 3.32. The van der Waals surface area contributed by atoms with Gasteiger partial charge >= 0.3 is 0 Å². The lowest BCUT2D eigenvalue weighted by molar-refractivity contribution is 1.14. The van der Waals surface area contributed by atoms with E-state index in [2.05, 4.69) is 4.98 Å². The average molecular weight is 267 g/mol. The van der Waals surface area contributed by atoms with Crippen molar-refractivity contribution < 1.29 is 0 Å². The predicted octanol–water partition coefficient (Wildman–Crippen LogP) is 2.58. The highest BCUT2D eigenvalue weighted by Crippen LogP contribution is 2.22. The molecule has 0 aliphatic carbocycles. The summed E-state index contributed by atoms with van der Waals surface area (Å²) in [7, 11) is 0. The van der Waals surface area contributed by atoms with Crippen LogP contribution in [-0.4, -0.2) is 13.8 Å². The van der Waals surface area contributed by atoms with Crippen LogP contribution in [-0.2, 0) is 0 Å². The zero-order chi connectivity index (χ0) is 13.1. The van der Waals surface area contributed by atoms with E-state index in [0.717, 1.165) is 22.3 Å². The normalized spacial score (nSPS) is 11.8. The van der Waals surface area contributed by atoms with E-state index in [-0.39, 0.29) is 5.43 Å². The Bertz CT molecular complexity index is 1060. The Morgan fingerprint density at radius 2 is 2.00 bits per heavy atom. The Balaban J connectivity index is 2.44. The molecule has 3 heterocycles. The molecule has 5 heteroatoms. The second-order valence-corrected chi connectivity index (χ2v) is 4.95. The Hall–Kier alpha value is -2.27. The van der Waals surface area contributed by atoms with Crippen LogP contribution in [0.3, 0.4) is 0 Å². The monoisotopic (exact) mass is 267 g/mol. The van der Waals surface area contributed by atoms with Crippen LogP contribution < -0.4 is 5.43 Å². The number of benzene rings is 1. The summed E-state index contributed by atoms with van der Waals surface area (Å²) in [6, 6.07) is 9.40. The highest BCUT2D eigenvalue weighted by molar-refractivity contribution is 7.71. The van der Waals surface area contributed by atoms with E-state index < -0.39 is 0 Å². The van der Waals surface area contributed by atoms with Gasteiger partial charge in [-0.1, -0.05) is 24.4 Å². The number of aryl methyl sites for hydroxylation is 1. The smallest absolute Gasteiger partial charge is 0.220 e. The molecule has 19 heavy (non-hydrogen) atoms. The zero-order valence-corrected chi connectivity index (χ0v) is 10.9. The van der Waals surface area contributed by atoms with Crippen LogP contribution in [0.4, 0.5) is 0 Å². The molecule has 0 saturated heterocycles. The molecule has 0 fully saturated rings. The van der Waals surface area contributed by atoms with E-state index in [4.69, 9.17) is 12.2 Å². The van der Waals surface area contributed by atoms with Crippen molar-refractivity contribution in [3.05, 3.63) is 57.0 Å². The van der Waals surface area contributed by atoms with Crippen LogP contribution >= 0.6 is 12.2 Å². The third-order valence-corrected chi connectivity index (χ3v) is 3.88. The van der Waals surface area contributed by atoms with E-state index in [0.29, 0.717) is 10.2 Å². The number of fused-ring (bicyclic) bond motifs is 5.